The zero-order valence-corrected chi connectivity index (χ0v) is 22.3. The van der Waals surface area contributed by atoms with Gasteiger partial charge in [0.05, 0.1) is 11.1 Å². The average molecular weight is 626 g/mol. The van der Waals surface area contributed by atoms with Crippen molar-refractivity contribution < 1.29 is 17.6 Å². The molecule has 2 amide bonds. The normalized spacial score (nSPS) is 11.4. The molecule has 0 unspecified atom stereocenters. The maximum Gasteiger partial charge on any atom is 0.333 e. The monoisotopic (exact) mass is 626 g/mol. The van der Waals surface area contributed by atoms with Crippen molar-refractivity contribution in [2.24, 2.45) is 0 Å². The van der Waals surface area contributed by atoms with Crippen LogP contribution in [0.15, 0.2) is 63.7 Å². The van der Waals surface area contributed by atoms with Crippen LogP contribution in [0.1, 0.15) is 10.4 Å². The Morgan fingerprint density at radius 3 is 2.46 bits per heavy atom. The summed E-state index contributed by atoms with van der Waals surface area (Å²) in [7, 11) is -2.37. The number of halogens is 2. The number of hydrogen-bond acceptors (Lipinski definition) is 6. The number of fused-ring (bicyclic) bond motifs is 1. The molecule has 182 valence electrons. The van der Waals surface area contributed by atoms with Gasteiger partial charge >= 0.3 is 6.03 Å². The van der Waals surface area contributed by atoms with Gasteiger partial charge in [-0.25, -0.2) is 22.3 Å². The second-order valence-electron chi connectivity index (χ2n) is 7.52. The highest BCUT2D eigenvalue weighted by molar-refractivity contribution is 14.1. The number of carbonyl (C=O) groups excluding carboxylic acids is 1. The molecular formula is C23H20FIN4O4S2. The zero-order chi connectivity index (χ0) is 25.3. The molecule has 4 aromatic rings. The predicted octanol–water partition coefficient (Wildman–Crippen LogP) is 4.99. The Kier molecular flexibility index (Phi) is 7.15. The number of thiophene rings is 1. The summed E-state index contributed by atoms with van der Waals surface area (Å²) in [6.07, 6.45) is 1.60. The number of hydrogen-bond donors (Lipinski definition) is 3. The number of carbonyl (C=O) groups is 1. The first-order chi connectivity index (χ1) is 16.6. The van der Waals surface area contributed by atoms with E-state index in [2.05, 4.69) is 33.2 Å². The Morgan fingerprint density at radius 1 is 1.11 bits per heavy atom. The number of nitrogens with zero attached hydrogens (tertiary/aromatic N) is 1. The minimum Gasteiger partial charge on any atom is -0.386 e. The summed E-state index contributed by atoms with van der Waals surface area (Å²) < 4.78 is 43.3. The van der Waals surface area contributed by atoms with E-state index < -0.39 is 27.4 Å². The molecule has 0 bridgehead atoms. The Balaban J connectivity index is 1.54. The van der Waals surface area contributed by atoms with Gasteiger partial charge in [0, 0.05) is 33.9 Å². The summed E-state index contributed by atoms with van der Waals surface area (Å²) in [5.74, 6) is -0.513. The van der Waals surface area contributed by atoms with Crippen LogP contribution in [0.25, 0.3) is 16.5 Å². The van der Waals surface area contributed by atoms with E-state index in [0.29, 0.717) is 32.4 Å². The van der Waals surface area contributed by atoms with Gasteiger partial charge < -0.3 is 10.6 Å². The number of sulfonamides is 1. The van der Waals surface area contributed by atoms with Gasteiger partial charge in [0.25, 0.3) is 15.6 Å². The van der Waals surface area contributed by atoms with Crippen LogP contribution >= 0.6 is 33.9 Å². The number of rotatable bonds is 6. The molecule has 2 aromatic heterocycles. The van der Waals surface area contributed by atoms with Crippen LogP contribution in [0.3, 0.4) is 0 Å². The van der Waals surface area contributed by atoms with E-state index in [1.165, 1.54) is 28.8 Å². The van der Waals surface area contributed by atoms with Crippen molar-refractivity contribution in [2.45, 2.75) is 15.6 Å². The van der Waals surface area contributed by atoms with E-state index in [1.807, 2.05) is 4.72 Å². The third kappa shape index (κ3) is 5.04. The Labute approximate surface area is 218 Å². The third-order valence-corrected chi connectivity index (χ3v) is 9.58. The summed E-state index contributed by atoms with van der Waals surface area (Å²) >= 11 is 3.23. The topological polar surface area (TPSA) is 109 Å². The number of benzene rings is 2. The second-order valence-corrected chi connectivity index (χ2v) is 11.4. The van der Waals surface area contributed by atoms with Gasteiger partial charge in [-0.1, -0.05) is 22.6 Å². The largest absolute Gasteiger partial charge is 0.386 e. The van der Waals surface area contributed by atoms with Crippen molar-refractivity contribution in [1.29, 1.82) is 0 Å². The van der Waals surface area contributed by atoms with E-state index in [4.69, 9.17) is 0 Å². The van der Waals surface area contributed by atoms with Crippen molar-refractivity contribution in [3.63, 3.8) is 0 Å². The Bertz CT molecular complexity index is 1600. The van der Waals surface area contributed by atoms with E-state index in [1.54, 1.807) is 44.4 Å². The van der Waals surface area contributed by atoms with Gasteiger partial charge in [0.1, 0.15) is 10.0 Å². The summed E-state index contributed by atoms with van der Waals surface area (Å²) in [5, 5.41) is 6.16. The second kappa shape index (κ2) is 9.95. The van der Waals surface area contributed by atoms with Crippen LogP contribution in [-0.4, -0.2) is 26.1 Å². The van der Waals surface area contributed by atoms with E-state index in [-0.39, 0.29) is 9.60 Å². The number of amides is 2. The minimum absolute atomic E-state index is 0.0545. The summed E-state index contributed by atoms with van der Waals surface area (Å²) in [6.45, 7) is 1.74. The van der Waals surface area contributed by atoms with E-state index in [9.17, 15) is 22.4 Å². The smallest absolute Gasteiger partial charge is 0.333 e. The molecule has 4 rings (SSSR count). The zero-order valence-electron chi connectivity index (χ0n) is 18.6. The number of urea groups is 1. The van der Waals surface area contributed by atoms with Crippen LogP contribution in [-0.2, 0) is 14.5 Å². The number of aryl methyl sites for hydroxylation is 1. The number of alkyl halides is 1. The lowest BCUT2D eigenvalue weighted by Crippen LogP contribution is -2.33. The van der Waals surface area contributed by atoms with Crippen molar-refractivity contribution in [1.82, 2.24) is 9.29 Å². The van der Waals surface area contributed by atoms with Crippen LogP contribution in [0.5, 0.6) is 0 Å². The molecule has 2 heterocycles. The maximum absolute atomic E-state index is 14.4. The molecule has 0 fully saturated rings. The molecule has 0 atom stereocenters. The lowest BCUT2D eigenvalue weighted by Gasteiger charge is -2.13. The number of aromatic nitrogens is 1. The van der Waals surface area contributed by atoms with Crippen molar-refractivity contribution >= 4 is 72.1 Å². The van der Waals surface area contributed by atoms with Gasteiger partial charge in [-0.2, -0.15) is 0 Å². The molecule has 0 aliphatic heterocycles. The van der Waals surface area contributed by atoms with Crippen molar-refractivity contribution in [3.05, 3.63) is 81.3 Å². The minimum atomic E-state index is -3.99. The van der Waals surface area contributed by atoms with Gasteiger partial charge in [0.15, 0.2) is 0 Å². The highest BCUT2D eigenvalue weighted by atomic mass is 127. The van der Waals surface area contributed by atoms with Gasteiger partial charge in [0.2, 0.25) is 0 Å². The molecule has 12 heteroatoms. The first kappa shape index (κ1) is 25.1. The third-order valence-electron chi connectivity index (χ3n) is 5.33. The molecule has 8 nitrogen and oxygen atoms in total. The average Bonchev–Trinajstić information content (AvgIpc) is 3.31. The molecular weight excluding hydrogens is 606 g/mol. The SMILES string of the molecule is CNc1c(F)cc2c(=O)n(-c3ccc(NC(=O)NS(=O)(=O)c4ccc(CI)s4)cc3)ccc2c1C. The van der Waals surface area contributed by atoms with E-state index >= 15 is 0 Å². The van der Waals surface area contributed by atoms with Crippen molar-refractivity contribution in [3.8, 4) is 5.69 Å². The highest BCUT2D eigenvalue weighted by Gasteiger charge is 2.20. The molecule has 0 spiro atoms. The fourth-order valence-corrected chi connectivity index (χ4v) is 6.48. The first-order valence-electron chi connectivity index (χ1n) is 10.3. The number of pyridine rings is 1. The Morgan fingerprint density at radius 2 is 1.83 bits per heavy atom. The van der Waals surface area contributed by atoms with Gasteiger partial charge in [-0.05, 0) is 66.4 Å². The van der Waals surface area contributed by atoms with Crippen LogP contribution in [0.2, 0.25) is 0 Å². The van der Waals surface area contributed by atoms with Crippen LogP contribution in [0.4, 0.5) is 20.6 Å². The van der Waals surface area contributed by atoms with Crippen LogP contribution in [0, 0.1) is 12.7 Å². The molecule has 35 heavy (non-hydrogen) atoms. The molecule has 0 saturated heterocycles. The van der Waals surface area contributed by atoms with Gasteiger partial charge in [-0.3, -0.25) is 9.36 Å². The summed E-state index contributed by atoms with van der Waals surface area (Å²) in [4.78, 5) is 26.2. The lowest BCUT2D eigenvalue weighted by atomic mass is 10.0. The fourth-order valence-electron chi connectivity index (χ4n) is 3.65. The lowest BCUT2D eigenvalue weighted by molar-refractivity contribution is 0.256. The molecule has 0 radical (unpaired) electrons. The van der Waals surface area contributed by atoms with Gasteiger partial charge in [-0.15, -0.1) is 11.3 Å². The molecule has 0 aliphatic rings. The fraction of sp³-hybridized carbons (Fsp3) is 0.130. The molecule has 3 N–H and O–H groups in total. The van der Waals surface area contributed by atoms with Crippen LogP contribution < -0.4 is 20.9 Å². The van der Waals surface area contributed by atoms with E-state index in [0.717, 1.165) is 16.2 Å². The maximum atomic E-state index is 14.4. The molecule has 0 aliphatic carbocycles. The molecule has 2 aromatic carbocycles. The molecule has 0 saturated carbocycles. The first-order valence-corrected chi connectivity index (χ1v) is 14.1. The predicted molar refractivity (Wildman–Crippen MR) is 145 cm³/mol. The highest BCUT2D eigenvalue weighted by Crippen LogP contribution is 2.27. The number of anilines is 2. The quantitative estimate of drug-likeness (QED) is 0.207. The number of nitrogens with one attached hydrogen (secondary N) is 3. The Hall–Kier alpha value is -2.97. The summed E-state index contributed by atoms with van der Waals surface area (Å²) in [5.41, 5.74) is 1.42. The standard InChI is InChI=1S/C23H20FIN4O4S2/c1-13-17-9-10-29(22(30)18(17)11-19(24)21(13)26-2)15-5-3-14(4-6-15)27-23(31)28-35(32,33)20-8-7-16(12-25)34-20/h3-11,26H,12H2,1-2H3,(H2,27,28,31). The van der Waals surface area contributed by atoms with Crippen molar-refractivity contribution in [2.75, 3.05) is 17.7 Å². The summed E-state index contributed by atoms with van der Waals surface area (Å²) in [6, 6.07) is 11.5.